The third kappa shape index (κ3) is 5.30. The predicted molar refractivity (Wildman–Crippen MR) is 98.3 cm³/mol. The summed E-state index contributed by atoms with van der Waals surface area (Å²) in [5.74, 6) is 2.31. The second kappa shape index (κ2) is 9.37. The normalized spacial score (nSPS) is 24.4. The van der Waals surface area contributed by atoms with Crippen molar-refractivity contribution in [1.29, 1.82) is 0 Å². The van der Waals surface area contributed by atoms with Gasteiger partial charge in [-0.1, -0.05) is 18.5 Å². The van der Waals surface area contributed by atoms with E-state index in [9.17, 15) is 4.79 Å². The molecular formula is C20H33N3O2. The van der Waals surface area contributed by atoms with Crippen LogP contribution in [0.4, 0.5) is 0 Å². The molecule has 2 saturated heterocycles. The van der Waals surface area contributed by atoms with Crippen LogP contribution in [0, 0.1) is 11.8 Å². The van der Waals surface area contributed by atoms with Crippen LogP contribution in [-0.4, -0.2) is 42.1 Å². The molecule has 1 N–H and O–H groups in total. The maximum atomic E-state index is 12.7. The van der Waals surface area contributed by atoms with Gasteiger partial charge in [0.1, 0.15) is 5.76 Å². The molecular weight excluding hydrogens is 314 g/mol. The van der Waals surface area contributed by atoms with E-state index in [-0.39, 0.29) is 0 Å². The van der Waals surface area contributed by atoms with Crippen LogP contribution in [0.25, 0.3) is 0 Å². The molecule has 3 heterocycles. The Balaban J connectivity index is 1.55. The number of hydrogen-bond acceptors (Lipinski definition) is 4. The third-order valence-electron chi connectivity index (χ3n) is 5.77. The highest BCUT2D eigenvalue weighted by Gasteiger charge is 2.30. The van der Waals surface area contributed by atoms with E-state index in [1.54, 1.807) is 0 Å². The molecule has 2 aliphatic rings. The van der Waals surface area contributed by atoms with E-state index in [2.05, 4.69) is 28.4 Å². The van der Waals surface area contributed by atoms with Crippen molar-refractivity contribution < 1.29 is 9.32 Å². The first kappa shape index (κ1) is 18.4. The molecule has 5 heteroatoms. The van der Waals surface area contributed by atoms with Crippen LogP contribution < -0.4 is 5.32 Å². The Bertz CT molecular complexity index is 537. The van der Waals surface area contributed by atoms with E-state index in [0.29, 0.717) is 24.2 Å². The van der Waals surface area contributed by atoms with Crippen molar-refractivity contribution in [2.75, 3.05) is 26.2 Å². The molecule has 3 rings (SSSR count). The van der Waals surface area contributed by atoms with Crippen molar-refractivity contribution in [2.24, 2.45) is 11.8 Å². The number of piperidine rings is 2. The number of nitrogens with zero attached hydrogens (tertiary/aromatic N) is 2. The van der Waals surface area contributed by atoms with Crippen molar-refractivity contribution in [3.63, 3.8) is 0 Å². The van der Waals surface area contributed by atoms with Crippen molar-refractivity contribution in [3.8, 4) is 0 Å². The number of carbonyl (C=O) groups is 1. The van der Waals surface area contributed by atoms with Gasteiger partial charge >= 0.3 is 0 Å². The molecule has 0 aromatic carbocycles. The minimum Gasteiger partial charge on any atom is -0.361 e. The molecule has 0 unspecified atom stereocenters. The number of carbonyl (C=O) groups excluding carboxylic acids is 1. The van der Waals surface area contributed by atoms with Crippen LogP contribution in [0.2, 0.25) is 0 Å². The Morgan fingerprint density at radius 3 is 2.96 bits per heavy atom. The van der Waals surface area contributed by atoms with Crippen LogP contribution in [-0.2, 0) is 17.6 Å². The fourth-order valence-corrected chi connectivity index (χ4v) is 4.17. The highest BCUT2D eigenvalue weighted by molar-refractivity contribution is 5.76. The monoisotopic (exact) mass is 347 g/mol. The van der Waals surface area contributed by atoms with E-state index < -0.39 is 0 Å². The minimum atomic E-state index is 0.361. The van der Waals surface area contributed by atoms with Gasteiger partial charge in [-0.05, 0) is 63.5 Å². The maximum absolute atomic E-state index is 12.7. The third-order valence-corrected chi connectivity index (χ3v) is 5.77. The Morgan fingerprint density at radius 2 is 2.16 bits per heavy atom. The van der Waals surface area contributed by atoms with Gasteiger partial charge in [0.05, 0.1) is 5.69 Å². The van der Waals surface area contributed by atoms with Gasteiger partial charge in [0.25, 0.3) is 0 Å². The Labute approximate surface area is 151 Å². The molecule has 1 aromatic rings. The molecule has 2 fully saturated rings. The summed E-state index contributed by atoms with van der Waals surface area (Å²) in [6.07, 6.45) is 9.60. The summed E-state index contributed by atoms with van der Waals surface area (Å²) in [7, 11) is 0. The van der Waals surface area contributed by atoms with E-state index in [4.69, 9.17) is 4.52 Å². The Kier molecular flexibility index (Phi) is 6.91. The maximum Gasteiger partial charge on any atom is 0.222 e. The summed E-state index contributed by atoms with van der Waals surface area (Å²) in [5.41, 5.74) is 1.05. The topological polar surface area (TPSA) is 58.4 Å². The van der Waals surface area contributed by atoms with Crippen LogP contribution in [0.15, 0.2) is 10.6 Å². The van der Waals surface area contributed by atoms with Crippen molar-refractivity contribution in [1.82, 2.24) is 15.4 Å². The van der Waals surface area contributed by atoms with Gasteiger partial charge in [0.15, 0.2) is 0 Å². The fourth-order valence-electron chi connectivity index (χ4n) is 4.17. The molecule has 0 saturated carbocycles. The summed E-state index contributed by atoms with van der Waals surface area (Å²) in [6.45, 7) is 6.11. The van der Waals surface area contributed by atoms with Crippen molar-refractivity contribution in [2.45, 2.75) is 64.7 Å². The molecule has 25 heavy (non-hydrogen) atoms. The van der Waals surface area contributed by atoms with Gasteiger partial charge in [-0.2, -0.15) is 0 Å². The van der Waals surface area contributed by atoms with E-state index in [1.807, 2.05) is 0 Å². The van der Waals surface area contributed by atoms with E-state index in [0.717, 1.165) is 63.3 Å². The fraction of sp³-hybridized carbons (Fsp3) is 0.800. The number of aromatic nitrogens is 1. The predicted octanol–water partition coefficient (Wildman–Crippen LogP) is 3.19. The summed E-state index contributed by atoms with van der Waals surface area (Å²) >= 11 is 0. The number of likely N-dealkylation sites (tertiary alicyclic amines) is 1. The number of nitrogens with one attached hydrogen (secondary N) is 1. The summed E-state index contributed by atoms with van der Waals surface area (Å²) < 4.78 is 5.47. The largest absolute Gasteiger partial charge is 0.361 e. The zero-order valence-electron chi connectivity index (χ0n) is 15.6. The molecule has 1 aromatic heterocycles. The number of aryl methyl sites for hydroxylation is 1. The number of amides is 1. The first-order valence-electron chi connectivity index (χ1n) is 10.2. The molecule has 140 valence electrons. The second-order valence-corrected chi connectivity index (χ2v) is 7.75. The van der Waals surface area contributed by atoms with E-state index >= 15 is 0 Å². The van der Waals surface area contributed by atoms with Crippen LogP contribution in [0.3, 0.4) is 0 Å². The van der Waals surface area contributed by atoms with Crippen molar-refractivity contribution >= 4 is 5.91 Å². The molecule has 2 aliphatic heterocycles. The quantitative estimate of drug-likeness (QED) is 0.823. The number of unbranched alkanes of at least 4 members (excludes halogenated alkanes) is 1. The lowest BCUT2D eigenvalue weighted by Gasteiger charge is -2.34. The minimum absolute atomic E-state index is 0.361. The van der Waals surface area contributed by atoms with Gasteiger partial charge in [-0.15, -0.1) is 0 Å². The smallest absolute Gasteiger partial charge is 0.222 e. The van der Waals surface area contributed by atoms with Gasteiger partial charge in [0, 0.05) is 32.0 Å². The lowest BCUT2D eigenvalue weighted by Crippen LogP contribution is -2.42. The SMILES string of the molecule is CCCCc1cc(C[C@H]2CNCC[C@H]2CC(=O)N2CCCCC2)no1. The summed E-state index contributed by atoms with van der Waals surface area (Å²) in [4.78, 5) is 14.7. The highest BCUT2D eigenvalue weighted by atomic mass is 16.5. The molecule has 5 nitrogen and oxygen atoms in total. The Hall–Kier alpha value is -1.36. The zero-order valence-corrected chi connectivity index (χ0v) is 15.6. The highest BCUT2D eigenvalue weighted by Crippen LogP contribution is 2.27. The standard InChI is InChI=1S/C20H33N3O2/c1-2-3-7-19-14-18(22-25-19)12-17-15-21-9-8-16(17)13-20(24)23-10-5-4-6-11-23/h14,16-17,21H,2-13,15H2,1H3/t16-,17-/m0/s1. The second-order valence-electron chi connectivity index (χ2n) is 7.75. The van der Waals surface area contributed by atoms with Gasteiger partial charge in [-0.25, -0.2) is 0 Å². The lowest BCUT2D eigenvalue weighted by molar-refractivity contribution is -0.133. The van der Waals surface area contributed by atoms with Crippen LogP contribution in [0.1, 0.15) is 63.3 Å². The first-order chi connectivity index (χ1) is 12.3. The summed E-state index contributed by atoms with van der Waals surface area (Å²) in [5, 5.41) is 7.76. The molecule has 0 aliphatic carbocycles. The number of rotatable bonds is 7. The van der Waals surface area contributed by atoms with Gasteiger partial charge in [0.2, 0.25) is 5.91 Å². The zero-order chi connectivity index (χ0) is 17.5. The Morgan fingerprint density at radius 1 is 1.32 bits per heavy atom. The van der Waals surface area contributed by atoms with Crippen LogP contribution >= 0.6 is 0 Å². The molecule has 0 bridgehead atoms. The van der Waals surface area contributed by atoms with E-state index in [1.165, 1.54) is 25.7 Å². The van der Waals surface area contributed by atoms with Gasteiger partial charge < -0.3 is 14.7 Å². The molecule has 0 radical (unpaired) electrons. The average Bonchev–Trinajstić information content (AvgIpc) is 3.09. The average molecular weight is 348 g/mol. The molecule has 1 amide bonds. The van der Waals surface area contributed by atoms with Crippen LogP contribution in [0.5, 0.6) is 0 Å². The number of hydrogen-bond donors (Lipinski definition) is 1. The molecule has 2 atom stereocenters. The molecule has 0 spiro atoms. The summed E-state index contributed by atoms with van der Waals surface area (Å²) in [6, 6.07) is 2.12. The lowest BCUT2D eigenvalue weighted by atomic mass is 9.81. The van der Waals surface area contributed by atoms with Gasteiger partial charge in [-0.3, -0.25) is 4.79 Å². The van der Waals surface area contributed by atoms with Crippen molar-refractivity contribution in [3.05, 3.63) is 17.5 Å². The first-order valence-corrected chi connectivity index (χ1v) is 10.2.